The molecule has 0 unspecified atom stereocenters. The van der Waals surface area contributed by atoms with Gasteiger partial charge in [0.15, 0.2) is 0 Å². The van der Waals surface area contributed by atoms with E-state index in [9.17, 15) is 0 Å². The number of ether oxygens (including phenoxy) is 2. The van der Waals surface area contributed by atoms with Gasteiger partial charge in [0.05, 0.1) is 13.2 Å². The van der Waals surface area contributed by atoms with E-state index in [1.165, 1.54) is 75.3 Å². The lowest BCUT2D eigenvalue weighted by molar-refractivity contribution is 0.304. The largest absolute Gasteiger partial charge is 0.493 e. The van der Waals surface area contributed by atoms with Crippen molar-refractivity contribution in [2.75, 3.05) is 13.2 Å². The summed E-state index contributed by atoms with van der Waals surface area (Å²) in [5, 5.41) is 0. The van der Waals surface area contributed by atoms with Gasteiger partial charge in [-0.05, 0) is 134 Å². The molecule has 0 spiro atoms. The van der Waals surface area contributed by atoms with Crippen LogP contribution in [0.15, 0.2) is 82.6 Å². The lowest BCUT2D eigenvalue weighted by Crippen LogP contribution is -2.12. The highest BCUT2D eigenvalue weighted by atomic mass is 32.2. The van der Waals surface area contributed by atoms with Crippen LogP contribution < -0.4 is 9.47 Å². The maximum atomic E-state index is 16.7. The third-order valence-corrected chi connectivity index (χ3v) is 13.6. The van der Waals surface area contributed by atoms with Crippen LogP contribution in [0.3, 0.4) is 0 Å². The van der Waals surface area contributed by atoms with Gasteiger partial charge < -0.3 is 9.47 Å². The van der Waals surface area contributed by atoms with Crippen molar-refractivity contribution < 1.29 is 18.3 Å². The van der Waals surface area contributed by atoms with Crippen molar-refractivity contribution in [2.24, 2.45) is 11.8 Å². The highest BCUT2D eigenvalue weighted by Crippen LogP contribution is 2.42. The topological polar surface area (TPSA) is 18.5 Å². The minimum atomic E-state index is -0.339. The van der Waals surface area contributed by atoms with Crippen LogP contribution >= 0.6 is 11.8 Å². The van der Waals surface area contributed by atoms with Crippen molar-refractivity contribution >= 4 is 11.8 Å². The van der Waals surface area contributed by atoms with Gasteiger partial charge >= 0.3 is 0 Å². The van der Waals surface area contributed by atoms with Crippen molar-refractivity contribution in [3.63, 3.8) is 0 Å². The highest BCUT2D eigenvalue weighted by Gasteiger charge is 2.24. The van der Waals surface area contributed by atoms with E-state index in [-0.39, 0.29) is 11.6 Å². The van der Waals surface area contributed by atoms with Crippen LogP contribution in [0, 0.1) is 23.5 Å². The van der Waals surface area contributed by atoms with E-state index < -0.39 is 0 Å². The summed E-state index contributed by atoms with van der Waals surface area (Å²) < 4.78 is 45.7. The molecule has 6 rings (SSSR count). The molecule has 0 N–H and O–H groups in total. The molecule has 296 valence electrons. The lowest BCUT2D eigenvalue weighted by atomic mass is 9.78. The fourth-order valence-corrected chi connectivity index (χ4v) is 9.66. The highest BCUT2D eigenvalue weighted by molar-refractivity contribution is 7.99. The molecule has 2 aliphatic carbocycles. The predicted octanol–water partition coefficient (Wildman–Crippen LogP) is 15.0. The molecule has 2 nitrogen and oxygen atoms in total. The third kappa shape index (κ3) is 11.0. The molecule has 2 aliphatic rings. The molecule has 0 saturated heterocycles. The smallest absolute Gasteiger partial charge is 0.144 e. The first-order valence-electron chi connectivity index (χ1n) is 21.6. The molecule has 0 atom stereocenters. The van der Waals surface area contributed by atoms with E-state index in [1.807, 2.05) is 12.1 Å². The van der Waals surface area contributed by atoms with Gasteiger partial charge in [0, 0.05) is 33.8 Å². The summed E-state index contributed by atoms with van der Waals surface area (Å²) in [5.74, 6) is 3.41. The zero-order valence-electron chi connectivity index (χ0n) is 33.9. The molecular weight excluding hydrogens is 703 g/mol. The average molecular weight is 767 g/mol. The van der Waals surface area contributed by atoms with Crippen LogP contribution in [0.4, 0.5) is 8.78 Å². The van der Waals surface area contributed by atoms with Crippen molar-refractivity contribution in [3.8, 4) is 11.5 Å². The fourth-order valence-electron chi connectivity index (χ4n) is 8.72. The van der Waals surface area contributed by atoms with Crippen molar-refractivity contribution in [3.05, 3.63) is 118 Å². The minimum Gasteiger partial charge on any atom is -0.493 e. The van der Waals surface area contributed by atoms with E-state index in [2.05, 4.69) is 76.2 Å². The Balaban J connectivity index is 1.23. The van der Waals surface area contributed by atoms with Crippen molar-refractivity contribution in [2.45, 2.75) is 152 Å². The summed E-state index contributed by atoms with van der Waals surface area (Å²) >= 11 is 1.15. The van der Waals surface area contributed by atoms with Crippen LogP contribution in [0.5, 0.6) is 11.5 Å². The van der Waals surface area contributed by atoms with Gasteiger partial charge in [-0.2, -0.15) is 0 Å². The first-order valence-corrected chi connectivity index (χ1v) is 22.5. The van der Waals surface area contributed by atoms with Gasteiger partial charge in [-0.1, -0.05) is 114 Å². The second-order valence-corrected chi connectivity index (χ2v) is 17.4. The second kappa shape index (κ2) is 20.7. The average Bonchev–Trinajstić information content (AvgIpc) is 3.23. The minimum absolute atomic E-state index is 0.339. The zero-order valence-corrected chi connectivity index (χ0v) is 34.8. The van der Waals surface area contributed by atoms with Gasteiger partial charge in [0.1, 0.15) is 23.1 Å². The summed E-state index contributed by atoms with van der Waals surface area (Å²) in [6.45, 7) is 9.92. The predicted molar refractivity (Wildman–Crippen MR) is 226 cm³/mol. The van der Waals surface area contributed by atoms with Gasteiger partial charge in [-0.25, -0.2) is 8.78 Å². The van der Waals surface area contributed by atoms with Gasteiger partial charge in [-0.15, -0.1) is 0 Å². The first-order chi connectivity index (χ1) is 26.9. The Kier molecular flexibility index (Phi) is 15.6. The Morgan fingerprint density at radius 1 is 0.509 bits per heavy atom. The van der Waals surface area contributed by atoms with E-state index in [0.29, 0.717) is 70.3 Å². The molecule has 5 heteroatoms. The normalized spacial score (nSPS) is 20.0. The van der Waals surface area contributed by atoms with Gasteiger partial charge in [0.25, 0.3) is 0 Å². The van der Waals surface area contributed by atoms with Crippen LogP contribution in [0.1, 0.15) is 163 Å². The van der Waals surface area contributed by atoms with Crippen molar-refractivity contribution in [1.82, 2.24) is 0 Å². The molecule has 0 aromatic heterocycles. The van der Waals surface area contributed by atoms with E-state index >= 15 is 8.78 Å². The van der Waals surface area contributed by atoms with Crippen LogP contribution in [-0.2, 0) is 12.8 Å². The van der Waals surface area contributed by atoms with E-state index in [1.54, 1.807) is 12.1 Å². The van der Waals surface area contributed by atoms with E-state index in [4.69, 9.17) is 9.47 Å². The molecule has 0 aliphatic heterocycles. The number of halogens is 2. The molecule has 4 aromatic rings. The molecule has 0 bridgehead atoms. The summed E-state index contributed by atoms with van der Waals surface area (Å²) in [6, 6.07) is 24.8. The Labute approximate surface area is 335 Å². The van der Waals surface area contributed by atoms with E-state index in [0.717, 1.165) is 60.4 Å². The Morgan fingerprint density at radius 3 is 1.24 bits per heavy atom. The molecule has 0 amide bonds. The molecule has 55 heavy (non-hydrogen) atoms. The van der Waals surface area contributed by atoms with Crippen LogP contribution in [-0.4, -0.2) is 13.2 Å². The summed E-state index contributed by atoms with van der Waals surface area (Å²) in [5.41, 5.74) is 5.94. The number of hydrogen-bond acceptors (Lipinski definition) is 3. The quantitative estimate of drug-likeness (QED) is 0.0940. The number of hydrogen-bond donors (Lipinski definition) is 0. The first kappa shape index (κ1) is 41.3. The van der Waals surface area contributed by atoms with Crippen molar-refractivity contribution in [1.29, 1.82) is 0 Å². The molecule has 4 aromatic carbocycles. The number of rotatable bonds is 18. The molecule has 0 heterocycles. The molecule has 2 fully saturated rings. The third-order valence-electron chi connectivity index (χ3n) is 12.6. The van der Waals surface area contributed by atoms with Gasteiger partial charge in [-0.3, -0.25) is 0 Å². The maximum absolute atomic E-state index is 16.7. The number of unbranched alkanes of at least 4 members (excludes halogenated alkanes) is 2. The molecule has 0 radical (unpaired) electrons. The Morgan fingerprint density at radius 2 is 0.891 bits per heavy atom. The fraction of sp³-hybridized carbons (Fsp3) is 0.520. The summed E-state index contributed by atoms with van der Waals surface area (Å²) in [7, 11) is 0. The Bertz CT molecular complexity index is 1640. The maximum Gasteiger partial charge on any atom is 0.144 e. The summed E-state index contributed by atoms with van der Waals surface area (Å²) in [6.07, 6.45) is 17.4. The van der Waals surface area contributed by atoms with Crippen LogP contribution in [0.25, 0.3) is 0 Å². The SMILES string of the molecule is CCCCOc1ccc(Sc2ccc(OCCCC)c(Cc3ccc(C4CCC(CC)CC4)cc3)c2F)c(F)c1Cc1ccc(C2CCC(CC)CC2)cc1. The monoisotopic (exact) mass is 766 g/mol. The second-order valence-electron chi connectivity index (χ2n) is 16.3. The zero-order chi connectivity index (χ0) is 38.6. The standard InChI is InChI=1S/C50H64F2O2S/c1-5-9-31-53-45-27-29-47(49(51)43(45)33-37-15-23-41(24-16-37)39-19-11-35(7-3)12-20-39)55-48-30-28-46(54-32-10-6-2)44(50(48)52)34-38-17-25-42(26-18-38)40-21-13-36(8-4)14-22-40/h15-18,23-30,35-36,39-40H,5-14,19-22,31-34H2,1-4H3. The number of benzene rings is 4. The Hall–Kier alpha value is -3.31. The molecular formula is C50H64F2O2S. The lowest BCUT2D eigenvalue weighted by Gasteiger charge is -2.28. The van der Waals surface area contributed by atoms with Crippen LogP contribution in [0.2, 0.25) is 0 Å². The summed E-state index contributed by atoms with van der Waals surface area (Å²) in [4.78, 5) is 0.794. The molecule has 2 saturated carbocycles. The van der Waals surface area contributed by atoms with Gasteiger partial charge in [0.2, 0.25) is 0 Å².